The summed E-state index contributed by atoms with van der Waals surface area (Å²) in [4.78, 5) is 171. The number of rotatable bonds is 18. The molecular weight excluding hydrogens is 1160 g/mol. The first kappa shape index (κ1) is 81.2. The molecule has 0 aliphatic carbocycles. The summed E-state index contributed by atoms with van der Waals surface area (Å²) in [6.07, 6.45) is 2.91. The third kappa shape index (κ3) is 22.8. The van der Waals surface area contributed by atoms with Crippen molar-refractivity contribution in [1.82, 2.24) is 55.6 Å². The molecule has 0 saturated carbocycles. The van der Waals surface area contributed by atoms with E-state index in [1.54, 1.807) is 60.6 Å². The molecule has 510 valence electrons. The molecule has 1 rings (SSSR count). The minimum atomic E-state index is -1.64. The van der Waals surface area contributed by atoms with Crippen LogP contribution in [0.5, 0.6) is 0 Å². The van der Waals surface area contributed by atoms with Gasteiger partial charge in [-0.05, 0) is 101 Å². The van der Waals surface area contributed by atoms with Gasteiger partial charge in [0, 0.05) is 61.6 Å². The van der Waals surface area contributed by atoms with Gasteiger partial charge in [0.05, 0.1) is 6.10 Å². The zero-order valence-corrected chi connectivity index (χ0v) is 59.2. The number of hydrogen-bond donors (Lipinski definition) is 6. The van der Waals surface area contributed by atoms with Crippen molar-refractivity contribution in [2.45, 2.75) is 228 Å². The Labute approximate surface area is 537 Å². The van der Waals surface area contributed by atoms with Crippen molar-refractivity contribution in [3.8, 4) is 0 Å². The van der Waals surface area contributed by atoms with Gasteiger partial charge in [0.15, 0.2) is 5.37 Å². The summed E-state index contributed by atoms with van der Waals surface area (Å²) in [6, 6.07) is -12.6. The van der Waals surface area contributed by atoms with Crippen molar-refractivity contribution in [1.29, 1.82) is 0 Å². The second kappa shape index (κ2) is 37.5. The number of carbonyl (C=O) groups is 11. The Hall–Kier alpha value is -5.82. The molecule has 0 unspecified atom stereocenters. The predicted octanol–water partition coefficient (Wildman–Crippen LogP) is 3.29. The van der Waals surface area contributed by atoms with E-state index in [0.29, 0.717) is 6.42 Å². The molecule has 0 aromatic rings. The first-order valence-electron chi connectivity index (χ1n) is 31.9. The Morgan fingerprint density at radius 2 is 0.888 bits per heavy atom. The van der Waals surface area contributed by atoms with Gasteiger partial charge in [0.25, 0.3) is 5.91 Å². The lowest BCUT2D eigenvalue weighted by Gasteiger charge is -2.41. The van der Waals surface area contributed by atoms with E-state index in [4.69, 9.17) is 5.73 Å². The molecule has 0 bridgehead atoms. The highest BCUT2D eigenvalue weighted by molar-refractivity contribution is 8.00. The lowest BCUT2D eigenvalue weighted by molar-refractivity contribution is -0.157. The van der Waals surface area contributed by atoms with E-state index in [0.717, 1.165) is 16.7 Å². The van der Waals surface area contributed by atoms with Crippen molar-refractivity contribution in [2.24, 2.45) is 47.2 Å². The largest absolute Gasteiger partial charge is 0.390 e. The monoisotopic (exact) mass is 1280 g/mol. The van der Waals surface area contributed by atoms with Crippen LogP contribution in [0.2, 0.25) is 0 Å². The Kier molecular flexibility index (Phi) is 34.2. The fraction of sp³-hybridized carbons (Fsp3) is 0.797. The minimum absolute atomic E-state index is 0.0106. The molecule has 0 radical (unpaired) electrons. The van der Waals surface area contributed by atoms with Gasteiger partial charge in [-0.2, -0.15) is 0 Å². The molecule has 1 aliphatic heterocycles. The average Bonchev–Trinajstić information content (AvgIpc) is 2.43. The number of nitrogens with zero attached hydrogens (tertiary/aromatic N) is 7. The van der Waals surface area contributed by atoms with Crippen LogP contribution in [0.1, 0.15) is 156 Å². The smallest absolute Gasteiger partial charge is 0.256 e. The molecule has 89 heavy (non-hydrogen) atoms. The SMILES string of the molecule is CC=CC[C@@H](C)[C@@H](O)[C@H]1C(=O)N[C@@H](CC)C(=O)N(C)[C@H](SCCN)C(=O)N(C)[C@@H](CC(C)C)C(=O)N[C@@H](C(C)C)C(=O)N(C)[C@@H](CC(C)C)C(=O)N[C@@H](C)C(=O)N[C@H](C)C(=O)N(C)[C@@H](CC(C)C)C(=O)N(C)[C@@H](CC(C)C)C(=O)N(C)[C@@H](C(C)C)C(=O)N1C. The van der Waals surface area contributed by atoms with Crippen molar-refractivity contribution in [3.63, 3.8) is 0 Å². The molecule has 24 nitrogen and oxygen atoms in total. The minimum Gasteiger partial charge on any atom is -0.390 e. The van der Waals surface area contributed by atoms with Gasteiger partial charge in [-0.3, -0.25) is 52.7 Å². The highest BCUT2D eigenvalue weighted by Gasteiger charge is 2.46. The van der Waals surface area contributed by atoms with Crippen LogP contribution in [0.4, 0.5) is 0 Å². The second-order valence-corrected chi connectivity index (χ2v) is 28.0. The molecule has 11 amide bonds. The number of thioether (sulfide) groups is 1. The number of hydrogen-bond acceptors (Lipinski definition) is 14. The number of amides is 11. The summed E-state index contributed by atoms with van der Waals surface area (Å²) in [5.74, 6) is -9.79. The molecule has 1 fully saturated rings. The van der Waals surface area contributed by atoms with Crippen LogP contribution >= 0.6 is 11.8 Å². The maximum Gasteiger partial charge on any atom is 0.256 e. The van der Waals surface area contributed by atoms with Crippen LogP contribution in [0.25, 0.3) is 0 Å². The number of allylic oxidation sites excluding steroid dienone is 2. The Balaban J connectivity index is 4.48. The normalized spacial score (nSPS) is 27.1. The summed E-state index contributed by atoms with van der Waals surface area (Å²) in [7, 11) is 9.94. The van der Waals surface area contributed by atoms with E-state index < -0.39 is 155 Å². The number of nitrogens with one attached hydrogen (secondary N) is 4. The highest BCUT2D eigenvalue weighted by atomic mass is 32.2. The van der Waals surface area contributed by atoms with Gasteiger partial charge in [-0.1, -0.05) is 109 Å². The zero-order valence-electron chi connectivity index (χ0n) is 58.3. The Morgan fingerprint density at radius 1 is 0.472 bits per heavy atom. The standard InChI is InChI=1S/C64H116N12O12S/c1-25-27-28-41(15)52(77)51-56(81)68-44(26-2)58(83)76(24)64(89-30-29-65)63(88)71(19)46(32-36(5)6)55(80)69-49(39(11)12)61(86)70(18)45(31-35(3)4)54(79)66-42(16)53(78)67-43(17)57(82)72(20)47(33-37(7)8)59(84)73(21)48(34-38(9)10)60(85)74(22)50(40(13)14)62(87)75(51)23/h25,27,35-52,64,77H,26,28-34,65H2,1-24H3,(H,66,79)(H,67,78)(H,68,81)(H,69,80)/t41-,42+,43-,44+,45+,46+,47+,48+,49+,50+,51+,52-,64-/m1/s1. The molecule has 1 saturated heterocycles. The average molecular weight is 1280 g/mol. The third-order valence-corrected chi connectivity index (χ3v) is 17.9. The van der Waals surface area contributed by atoms with Crippen LogP contribution in [-0.2, 0) is 52.7 Å². The second-order valence-electron chi connectivity index (χ2n) is 26.8. The van der Waals surface area contributed by atoms with Gasteiger partial charge >= 0.3 is 0 Å². The van der Waals surface area contributed by atoms with Gasteiger partial charge in [-0.25, -0.2) is 0 Å². The summed E-state index contributed by atoms with van der Waals surface area (Å²) in [5.41, 5.74) is 5.99. The summed E-state index contributed by atoms with van der Waals surface area (Å²) in [6.45, 7) is 30.0. The van der Waals surface area contributed by atoms with Crippen LogP contribution in [0.3, 0.4) is 0 Å². The maximum atomic E-state index is 15.3. The van der Waals surface area contributed by atoms with Crippen LogP contribution in [0, 0.1) is 41.4 Å². The zero-order chi connectivity index (χ0) is 69.0. The lowest BCUT2D eigenvalue weighted by Crippen LogP contribution is -2.64. The number of aliphatic hydroxyl groups is 1. The number of nitrogens with two attached hydrogens (primary N) is 1. The van der Waals surface area contributed by atoms with Gasteiger partial charge in [-0.15, -0.1) is 11.8 Å². The topological polar surface area (TPSA) is 305 Å². The van der Waals surface area contributed by atoms with E-state index in [1.807, 2.05) is 55.4 Å². The van der Waals surface area contributed by atoms with E-state index in [9.17, 15) is 38.7 Å². The Morgan fingerprint density at radius 3 is 1.33 bits per heavy atom. The number of likely N-dealkylation sites (N-methyl/N-ethyl adjacent to an activating group) is 7. The molecule has 1 heterocycles. The van der Waals surface area contributed by atoms with Crippen molar-refractivity contribution in [2.75, 3.05) is 61.6 Å². The van der Waals surface area contributed by atoms with E-state index in [1.165, 1.54) is 92.6 Å². The van der Waals surface area contributed by atoms with Gasteiger partial charge in [0.2, 0.25) is 59.1 Å². The van der Waals surface area contributed by atoms with Crippen molar-refractivity contribution < 1.29 is 57.8 Å². The van der Waals surface area contributed by atoms with Crippen LogP contribution < -0.4 is 27.0 Å². The van der Waals surface area contributed by atoms with E-state index in [2.05, 4.69) is 21.3 Å². The summed E-state index contributed by atoms with van der Waals surface area (Å²) >= 11 is 1.04. The van der Waals surface area contributed by atoms with Crippen molar-refractivity contribution in [3.05, 3.63) is 12.2 Å². The quantitative estimate of drug-likeness (QED) is 0.107. The highest BCUT2D eigenvalue weighted by Crippen LogP contribution is 2.27. The Bertz CT molecular complexity index is 2420. The lowest BCUT2D eigenvalue weighted by atomic mass is 9.91. The molecule has 0 aromatic carbocycles. The molecule has 0 spiro atoms. The van der Waals surface area contributed by atoms with Crippen molar-refractivity contribution >= 4 is 76.7 Å². The summed E-state index contributed by atoms with van der Waals surface area (Å²) < 4.78 is 0. The first-order valence-corrected chi connectivity index (χ1v) is 32.9. The molecule has 1 aliphatic rings. The fourth-order valence-corrected chi connectivity index (χ4v) is 12.1. The van der Waals surface area contributed by atoms with E-state index in [-0.39, 0.29) is 68.1 Å². The fourth-order valence-electron chi connectivity index (χ4n) is 11.1. The van der Waals surface area contributed by atoms with Gasteiger partial charge < -0.3 is 66.4 Å². The first-order chi connectivity index (χ1) is 41.2. The van der Waals surface area contributed by atoms with Crippen LogP contribution in [0.15, 0.2) is 12.2 Å². The molecule has 13 atom stereocenters. The molecular formula is C64H116N12O12S. The van der Waals surface area contributed by atoms with E-state index >= 15 is 19.2 Å². The molecule has 7 N–H and O–H groups in total. The molecule has 0 aromatic heterocycles. The third-order valence-electron chi connectivity index (χ3n) is 16.6. The van der Waals surface area contributed by atoms with Crippen LogP contribution in [-0.4, -0.2) is 238 Å². The maximum absolute atomic E-state index is 15.3. The summed E-state index contributed by atoms with van der Waals surface area (Å²) in [5, 5.41) is 22.0. The predicted molar refractivity (Wildman–Crippen MR) is 349 cm³/mol. The molecule has 25 heteroatoms. The number of aliphatic hydroxyl groups excluding tert-OH is 1. The number of carbonyl (C=O) groups excluding carboxylic acids is 11. The van der Waals surface area contributed by atoms with Gasteiger partial charge in [0.1, 0.15) is 60.4 Å².